The van der Waals surface area contributed by atoms with E-state index in [0.29, 0.717) is 10.7 Å². The van der Waals surface area contributed by atoms with Crippen LogP contribution in [0.15, 0.2) is 39.2 Å². The number of carboxylic acid groups (broad SMARTS) is 2. The molecule has 1 saturated heterocycles. The number of nitrogens with one attached hydrogen (secondary N) is 1. The van der Waals surface area contributed by atoms with Crippen molar-refractivity contribution in [3.63, 3.8) is 0 Å². The highest BCUT2D eigenvalue weighted by atomic mass is 32.2. The first-order valence-corrected chi connectivity index (χ1v) is 14.3. The van der Waals surface area contributed by atoms with Crippen LogP contribution in [0, 0.1) is 0 Å². The van der Waals surface area contributed by atoms with Crippen LogP contribution in [0.4, 0.5) is 10.9 Å². The smallest absolute Gasteiger partial charge is 0.384 e. The zero-order valence-electron chi connectivity index (χ0n) is 20.7. The third-order valence-electron chi connectivity index (χ3n) is 5.52. The summed E-state index contributed by atoms with van der Waals surface area (Å²) in [5.41, 5.74) is 11.2. The molecule has 2 amide bonds. The second-order valence-corrected chi connectivity index (χ2v) is 11.4. The maximum atomic E-state index is 13.1. The number of carbonyl (C=O) groups excluding carboxylic acids is 3. The molecule has 4 rings (SSSR count). The topological polar surface area (TPSA) is 256 Å². The maximum absolute atomic E-state index is 13.1. The van der Waals surface area contributed by atoms with Gasteiger partial charge in [-0.2, -0.15) is 0 Å². The number of nitrogens with two attached hydrogens (primary N) is 3. The number of anilines is 2. The third-order valence-corrected chi connectivity index (χ3v) is 8.59. The Balaban J connectivity index is 1.50. The molecule has 0 radical (unpaired) electrons. The van der Waals surface area contributed by atoms with E-state index in [2.05, 4.69) is 20.4 Å². The molecule has 1 fully saturated rings. The number of thioether (sulfide) groups is 2. The number of aliphatic carboxylic acids is 2. The van der Waals surface area contributed by atoms with Crippen molar-refractivity contribution in [2.75, 3.05) is 28.8 Å². The number of rotatable bonds is 11. The lowest BCUT2D eigenvalue weighted by molar-refractivity contribution is -0.682. The highest BCUT2D eigenvalue weighted by Gasteiger charge is 2.53. The minimum absolute atomic E-state index is 0.0596. The summed E-state index contributed by atoms with van der Waals surface area (Å²) in [5.74, 6) is 2.27. The lowest BCUT2D eigenvalue weighted by atomic mass is 10.0. The highest BCUT2D eigenvalue weighted by Crippen LogP contribution is 2.41. The minimum atomic E-state index is -1.54. The van der Waals surface area contributed by atoms with Gasteiger partial charge in [0.2, 0.25) is 5.82 Å². The molecular formula is C21H23N9O7S3. The van der Waals surface area contributed by atoms with Crippen LogP contribution in [0.5, 0.6) is 0 Å². The van der Waals surface area contributed by atoms with Gasteiger partial charge in [0, 0.05) is 23.0 Å². The number of β-lactam (4-membered cyclic amide) rings is 1. The van der Waals surface area contributed by atoms with Gasteiger partial charge in [0.1, 0.15) is 29.4 Å². The van der Waals surface area contributed by atoms with Crippen LogP contribution < -0.4 is 32.4 Å². The molecule has 0 aliphatic carbocycles. The Morgan fingerprint density at radius 2 is 2.15 bits per heavy atom. The number of amides is 2. The van der Waals surface area contributed by atoms with Crippen LogP contribution >= 0.6 is 34.9 Å². The summed E-state index contributed by atoms with van der Waals surface area (Å²) in [6.07, 6.45) is 0.269. The molecule has 0 saturated carbocycles. The van der Waals surface area contributed by atoms with Gasteiger partial charge in [-0.25, -0.2) is 4.98 Å². The number of nitrogen functional groups attached to an aromatic ring is 3. The van der Waals surface area contributed by atoms with Gasteiger partial charge in [0.05, 0.1) is 18.1 Å². The van der Waals surface area contributed by atoms with E-state index >= 15 is 0 Å². The predicted molar refractivity (Wildman–Crippen MR) is 143 cm³/mol. The number of aromatic nitrogens is 3. The van der Waals surface area contributed by atoms with Gasteiger partial charge in [0.25, 0.3) is 11.8 Å². The van der Waals surface area contributed by atoms with E-state index in [1.807, 2.05) is 0 Å². The number of hydrogen-bond acceptors (Lipinski definition) is 15. The number of hydrogen-bond donors (Lipinski definition) is 5. The molecule has 8 N–H and O–H groups in total. The zero-order valence-corrected chi connectivity index (χ0v) is 23.1. The summed E-state index contributed by atoms with van der Waals surface area (Å²) in [5, 5.41) is 28.5. The Labute approximate surface area is 238 Å². The average molecular weight is 610 g/mol. The molecule has 40 heavy (non-hydrogen) atoms. The Bertz CT molecular complexity index is 1430. The number of nitrogens with zero attached hydrogens (tertiary/aromatic N) is 5. The average Bonchev–Trinajstić information content (AvgIpc) is 3.32. The van der Waals surface area contributed by atoms with E-state index < -0.39 is 41.3 Å². The first kappa shape index (κ1) is 28.9. The predicted octanol–water partition coefficient (Wildman–Crippen LogP) is -2.52. The van der Waals surface area contributed by atoms with Crippen molar-refractivity contribution < 1.29 is 38.9 Å². The largest absolute Gasteiger partial charge is 0.543 e. The summed E-state index contributed by atoms with van der Waals surface area (Å²) in [4.78, 5) is 63.5. The Kier molecular flexibility index (Phi) is 8.64. The Morgan fingerprint density at radius 1 is 1.40 bits per heavy atom. The first-order valence-electron chi connectivity index (χ1n) is 11.4. The quantitative estimate of drug-likeness (QED) is 0.0335. The number of oxime groups is 1. The van der Waals surface area contributed by atoms with E-state index in [-0.39, 0.29) is 46.0 Å². The molecule has 2 aliphatic heterocycles. The van der Waals surface area contributed by atoms with Crippen molar-refractivity contribution in [3.05, 3.63) is 34.6 Å². The van der Waals surface area contributed by atoms with Crippen molar-refractivity contribution in [1.29, 1.82) is 0 Å². The zero-order chi connectivity index (χ0) is 29.1. The molecule has 2 aliphatic rings. The van der Waals surface area contributed by atoms with E-state index in [1.54, 1.807) is 0 Å². The van der Waals surface area contributed by atoms with Crippen LogP contribution in [0.3, 0.4) is 0 Å². The summed E-state index contributed by atoms with van der Waals surface area (Å²) in [7, 11) is 0. The van der Waals surface area contributed by atoms with Crippen LogP contribution in [-0.2, 0) is 24.0 Å². The summed E-state index contributed by atoms with van der Waals surface area (Å²) in [6, 6.07) is 0.423. The van der Waals surface area contributed by atoms with Crippen molar-refractivity contribution in [1.82, 2.24) is 20.2 Å². The van der Waals surface area contributed by atoms with Crippen molar-refractivity contribution >= 4 is 75.3 Å². The SMILES string of the molecule is CC(CC(=O)O)O/N=C(\C(=O)NC1C(=O)N2C(C(=O)[O-])=C(CSc3nc(N)cc[n+]3N)CS[C@H]12)c1csc(N)n1. The second kappa shape index (κ2) is 12.0. The Morgan fingerprint density at radius 3 is 2.80 bits per heavy atom. The summed E-state index contributed by atoms with van der Waals surface area (Å²) in [6.45, 7) is 1.45. The Hall–Kier alpha value is -4.10. The second-order valence-electron chi connectivity index (χ2n) is 8.46. The fourth-order valence-corrected chi connectivity index (χ4v) is 6.65. The van der Waals surface area contributed by atoms with Gasteiger partial charge in [-0.3, -0.25) is 25.1 Å². The molecule has 16 nitrogen and oxygen atoms in total. The minimum Gasteiger partial charge on any atom is -0.543 e. The molecule has 0 bridgehead atoms. The van der Waals surface area contributed by atoms with Crippen molar-refractivity contribution in [2.24, 2.45) is 5.16 Å². The molecule has 4 heterocycles. The normalized spacial score (nSPS) is 19.5. The lowest BCUT2D eigenvalue weighted by Gasteiger charge is -2.50. The van der Waals surface area contributed by atoms with Crippen LogP contribution in [0.2, 0.25) is 0 Å². The monoisotopic (exact) mass is 609 g/mol. The molecule has 2 aromatic heterocycles. The van der Waals surface area contributed by atoms with E-state index in [0.717, 1.165) is 28.0 Å². The van der Waals surface area contributed by atoms with Crippen molar-refractivity contribution in [2.45, 2.75) is 36.0 Å². The van der Waals surface area contributed by atoms with Crippen LogP contribution in [0.25, 0.3) is 0 Å². The van der Waals surface area contributed by atoms with Gasteiger partial charge < -0.3 is 36.6 Å². The fraction of sp³-hybridized carbons (Fsp3) is 0.333. The van der Waals surface area contributed by atoms with Crippen LogP contribution in [0.1, 0.15) is 19.0 Å². The fourth-order valence-electron chi connectivity index (χ4n) is 3.70. The molecule has 0 aromatic carbocycles. The van der Waals surface area contributed by atoms with Crippen molar-refractivity contribution in [3.8, 4) is 0 Å². The van der Waals surface area contributed by atoms with Gasteiger partial charge >= 0.3 is 11.1 Å². The third kappa shape index (κ3) is 6.20. The lowest BCUT2D eigenvalue weighted by Crippen LogP contribution is -2.71. The molecule has 2 unspecified atom stereocenters. The number of carbonyl (C=O) groups is 4. The highest BCUT2D eigenvalue weighted by molar-refractivity contribution is 8.01. The molecule has 2 aromatic rings. The standard InChI is InChI=1S/C21H23N9O7S3/c1-8(4-12(31)32)37-28-13(10-7-39-20(23)25-10)16(33)27-14-17(34)30-15(19(35)36)9(5-38-18(14)30)6-40-21-26-11(22)2-3-29(21)24/h2-3,7-8,14,18,22H,4-6,24H2,1H3,(H5,23,25,27,31,32,33,35,36)/b28-13-/t8?,14?,18-/m1/s1. The maximum Gasteiger partial charge on any atom is 0.384 e. The van der Waals surface area contributed by atoms with Gasteiger partial charge in [0.15, 0.2) is 10.8 Å². The van der Waals surface area contributed by atoms with E-state index in [1.165, 1.54) is 41.0 Å². The van der Waals surface area contributed by atoms with E-state index in [4.69, 9.17) is 27.3 Å². The van der Waals surface area contributed by atoms with Crippen LogP contribution in [-0.4, -0.2) is 78.5 Å². The summed E-state index contributed by atoms with van der Waals surface area (Å²) >= 11 is 3.42. The van der Waals surface area contributed by atoms with Gasteiger partial charge in [-0.05, 0) is 29.2 Å². The number of thiazole rings is 1. The summed E-state index contributed by atoms with van der Waals surface area (Å²) < 4.78 is 1.24. The first-order chi connectivity index (χ1) is 19.0. The number of carboxylic acids is 2. The molecule has 212 valence electrons. The van der Waals surface area contributed by atoms with Gasteiger partial charge in [-0.1, -0.05) is 5.16 Å². The molecule has 3 atom stereocenters. The van der Waals surface area contributed by atoms with Gasteiger partial charge in [-0.15, -0.1) is 27.8 Å². The molecule has 0 spiro atoms. The number of fused-ring (bicyclic) bond motifs is 1. The molecule has 19 heteroatoms. The van der Waals surface area contributed by atoms with E-state index in [9.17, 15) is 24.3 Å². The molecular weight excluding hydrogens is 586 g/mol.